The van der Waals surface area contributed by atoms with Crippen LogP contribution in [0.4, 0.5) is 11.6 Å². The Morgan fingerprint density at radius 1 is 1.30 bits per heavy atom. The zero-order valence-corrected chi connectivity index (χ0v) is 19.2. The minimum Gasteiger partial charge on any atom is -0.324 e. The Bertz CT molecular complexity index is 1120. The van der Waals surface area contributed by atoms with Gasteiger partial charge in [-0.05, 0) is 56.0 Å². The molecular formula is C23H27ClN4OS. The lowest BCUT2D eigenvalue weighted by molar-refractivity contribution is 0.516. The fraction of sp³-hybridized carbons (Fsp3) is 0.435. The van der Waals surface area contributed by atoms with Crippen molar-refractivity contribution in [3.05, 3.63) is 51.4 Å². The molecule has 1 fully saturated rings. The molecule has 7 heteroatoms. The predicted molar refractivity (Wildman–Crippen MR) is 126 cm³/mol. The summed E-state index contributed by atoms with van der Waals surface area (Å²) >= 11 is 8.10. The van der Waals surface area contributed by atoms with E-state index in [0.29, 0.717) is 16.8 Å². The average molecular weight is 443 g/mol. The van der Waals surface area contributed by atoms with Crippen LogP contribution < -0.4 is 10.9 Å². The standard InChI is InChI=1S/C23H27ClN4OS/c1-4-15(3)30-18-9-10-20(14(2)11-18)26-23-25-13-16-12-19(24)22(29)28(21(16)27-23)17-7-5-6-8-17/h9-13,15,17H,4-8H2,1-3H3,(H,25,26,27). The Morgan fingerprint density at radius 2 is 2.07 bits per heavy atom. The van der Waals surface area contributed by atoms with Crippen molar-refractivity contribution < 1.29 is 0 Å². The van der Waals surface area contributed by atoms with E-state index < -0.39 is 0 Å². The third kappa shape index (κ3) is 4.35. The molecule has 4 rings (SSSR count). The minimum absolute atomic E-state index is 0.153. The molecule has 1 aliphatic rings. The first-order valence-electron chi connectivity index (χ1n) is 10.6. The number of pyridine rings is 1. The second-order valence-electron chi connectivity index (χ2n) is 8.02. The number of halogens is 1. The van der Waals surface area contributed by atoms with Crippen LogP contribution in [0.25, 0.3) is 11.0 Å². The van der Waals surface area contributed by atoms with E-state index in [-0.39, 0.29) is 16.6 Å². The van der Waals surface area contributed by atoms with Gasteiger partial charge in [-0.25, -0.2) is 4.98 Å². The van der Waals surface area contributed by atoms with Gasteiger partial charge in [-0.1, -0.05) is 38.3 Å². The van der Waals surface area contributed by atoms with E-state index in [4.69, 9.17) is 16.6 Å². The minimum atomic E-state index is -0.164. The first kappa shape index (κ1) is 21.2. The van der Waals surface area contributed by atoms with E-state index in [2.05, 4.69) is 49.3 Å². The van der Waals surface area contributed by atoms with Crippen molar-refractivity contribution >= 4 is 46.0 Å². The van der Waals surface area contributed by atoms with Crippen LogP contribution in [-0.2, 0) is 0 Å². The van der Waals surface area contributed by atoms with E-state index in [1.165, 1.54) is 4.90 Å². The molecule has 0 saturated heterocycles. The van der Waals surface area contributed by atoms with Gasteiger partial charge in [0, 0.05) is 33.5 Å². The summed E-state index contributed by atoms with van der Waals surface area (Å²) in [4.78, 5) is 23.2. The Kier molecular flexibility index (Phi) is 6.34. The highest BCUT2D eigenvalue weighted by Crippen LogP contribution is 2.32. The first-order chi connectivity index (χ1) is 14.5. The second kappa shape index (κ2) is 8.98. The number of aromatic nitrogens is 3. The van der Waals surface area contributed by atoms with Gasteiger partial charge in [0.25, 0.3) is 5.56 Å². The van der Waals surface area contributed by atoms with Crippen molar-refractivity contribution in [2.75, 3.05) is 5.32 Å². The van der Waals surface area contributed by atoms with Gasteiger partial charge in [0.1, 0.15) is 10.7 Å². The van der Waals surface area contributed by atoms with Crippen LogP contribution in [0.3, 0.4) is 0 Å². The SMILES string of the molecule is CCC(C)Sc1ccc(Nc2ncc3cc(Cl)c(=O)n(C4CCCC4)c3n2)c(C)c1. The molecule has 2 aromatic heterocycles. The quantitative estimate of drug-likeness (QED) is 0.441. The number of fused-ring (bicyclic) bond motifs is 1. The molecule has 2 heterocycles. The van der Waals surface area contributed by atoms with Gasteiger partial charge in [0.15, 0.2) is 0 Å². The highest BCUT2D eigenvalue weighted by atomic mass is 35.5. The lowest BCUT2D eigenvalue weighted by atomic mass is 10.2. The van der Waals surface area contributed by atoms with Crippen LogP contribution in [0.15, 0.2) is 40.2 Å². The Morgan fingerprint density at radius 3 is 2.77 bits per heavy atom. The first-order valence-corrected chi connectivity index (χ1v) is 11.8. The third-order valence-corrected chi connectivity index (χ3v) is 7.31. The largest absolute Gasteiger partial charge is 0.324 e. The summed E-state index contributed by atoms with van der Waals surface area (Å²) < 4.78 is 1.77. The summed E-state index contributed by atoms with van der Waals surface area (Å²) in [6.45, 7) is 6.53. The van der Waals surface area contributed by atoms with Crippen molar-refractivity contribution in [1.29, 1.82) is 0 Å². The number of nitrogens with one attached hydrogen (secondary N) is 1. The van der Waals surface area contributed by atoms with Crippen molar-refractivity contribution in [2.24, 2.45) is 0 Å². The molecule has 3 aromatic rings. The smallest absolute Gasteiger partial charge is 0.271 e. The van der Waals surface area contributed by atoms with E-state index in [1.807, 2.05) is 11.8 Å². The van der Waals surface area contributed by atoms with Gasteiger partial charge >= 0.3 is 0 Å². The molecule has 1 saturated carbocycles. The molecule has 0 amide bonds. The maximum atomic E-state index is 12.8. The molecule has 158 valence electrons. The highest BCUT2D eigenvalue weighted by Gasteiger charge is 2.22. The molecule has 1 unspecified atom stereocenters. The molecule has 0 bridgehead atoms. The number of anilines is 2. The maximum Gasteiger partial charge on any atom is 0.271 e. The fourth-order valence-electron chi connectivity index (χ4n) is 3.93. The van der Waals surface area contributed by atoms with Gasteiger partial charge in [-0.15, -0.1) is 11.8 Å². The Hall–Kier alpha value is -2.05. The summed E-state index contributed by atoms with van der Waals surface area (Å²) in [5.74, 6) is 0.487. The van der Waals surface area contributed by atoms with E-state index in [1.54, 1.807) is 16.8 Å². The van der Waals surface area contributed by atoms with Crippen LogP contribution in [0.5, 0.6) is 0 Å². The number of thioether (sulfide) groups is 1. The van der Waals surface area contributed by atoms with Crippen LogP contribution >= 0.6 is 23.4 Å². The molecule has 1 aliphatic carbocycles. The van der Waals surface area contributed by atoms with Crippen LogP contribution in [0, 0.1) is 6.92 Å². The zero-order valence-electron chi connectivity index (χ0n) is 17.6. The Balaban J connectivity index is 1.68. The van der Waals surface area contributed by atoms with Crippen LogP contribution in [-0.4, -0.2) is 19.8 Å². The van der Waals surface area contributed by atoms with Gasteiger partial charge in [-0.3, -0.25) is 9.36 Å². The molecule has 0 aliphatic heterocycles. The predicted octanol–water partition coefficient (Wildman–Crippen LogP) is 6.50. The molecule has 0 radical (unpaired) electrons. The fourth-order valence-corrected chi connectivity index (χ4v) is 5.17. The highest BCUT2D eigenvalue weighted by molar-refractivity contribution is 7.99. The summed E-state index contributed by atoms with van der Waals surface area (Å²) in [7, 11) is 0. The molecule has 1 aromatic carbocycles. The number of benzene rings is 1. The Labute approximate surface area is 186 Å². The van der Waals surface area contributed by atoms with Crippen LogP contribution in [0.2, 0.25) is 5.02 Å². The number of hydrogen-bond donors (Lipinski definition) is 1. The normalized spacial score (nSPS) is 15.6. The second-order valence-corrected chi connectivity index (χ2v) is 9.94. The summed E-state index contributed by atoms with van der Waals surface area (Å²) in [5.41, 5.74) is 2.58. The molecule has 0 spiro atoms. The zero-order chi connectivity index (χ0) is 21.3. The van der Waals surface area contributed by atoms with Crippen molar-refractivity contribution in [3.63, 3.8) is 0 Å². The molecule has 1 atom stereocenters. The van der Waals surface area contributed by atoms with Gasteiger partial charge < -0.3 is 5.32 Å². The molecular weight excluding hydrogens is 416 g/mol. The topological polar surface area (TPSA) is 59.8 Å². The maximum absolute atomic E-state index is 12.8. The van der Waals surface area contributed by atoms with Crippen molar-refractivity contribution in [3.8, 4) is 0 Å². The number of hydrogen-bond acceptors (Lipinski definition) is 5. The summed E-state index contributed by atoms with van der Waals surface area (Å²) in [6.07, 6.45) is 7.10. The number of rotatable bonds is 6. The van der Waals surface area contributed by atoms with E-state index in [9.17, 15) is 4.79 Å². The van der Waals surface area contributed by atoms with Crippen LogP contribution in [0.1, 0.15) is 57.6 Å². The van der Waals surface area contributed by atoms with Crippen molar-refractivity contribution in [2.45, 2.75) is 69.1 Å². The number of aryl methyl sites for hydroxylation is 1. The monoisotopic (exact) mass is 442 g/mol. The van der Waals surface area contributed by atoms with E-state index >= 15 is 0 Å². The molecule has 1 N–H and O–H groups in total. The van der Waals surface area contributed by atoms with Gasteiger partial charge in [0.05, 0.1) is 0 Å². The molecule has 5 nitrogen and oxygen atoms in total. The van der Waals surface area contributed by atoms with Crippen molar-refractivity contribution in [1.82, 2.24) is 14.5 Å². The van der Waals surface area contributed by atoms with E-state index in [0.717, 1.165) is 48.7 Å². The average Bonchev–Trinajstić information content (AvgIpc) is 3.25. The van der Waals surface area contributed by atoms with Gasteiger partial charge in [-0.2, -0.15) is 4.98 Å². The van der Waals surface area contributed by atoms with Gasteiger partial charge in [0.2, 0.25) is 5.95 Å². The summed E-state index contributed by atoms with van der Waals surface area (Å²) in [5, 5.41) is 4.93. The summed E-state index contributed by atoms with van der Waals surface area (Å²) in [6, 6.07) is 8.20. The molecule has 30 heavy (non-hydrogen) atoms. The lowest BCUT2D eigenvalue weighted by Crippen LogP contribution is -2.25. The third-order valence-electron chi connectivity index (χ3n) is 5.78. The number of nitrogens with zero attached hydrogens (tertiary/aromatic N) is 3. The lowest BCUT2D eigenvalue weighted by Gasteiger charge is -2.17.